The summed E-state index contributed by atoms with van der Waals surface area (Å²) in [6.45, 7) is 2.40. The molecule has 2 heterocycles. The Labute approximate surface area is 182 Å². The van der Waals surface area contributed by atoms with Crippen molar-refractivity contribution >= 4 is 28.1 Å². The highest BCUT2D eigenvalue weighted by Gasteiger charge is 2.18. The van der Waals surface area contributed by atoms with Crippen molar-refractivity contribution < 1.29 is 14.3 Å². The fraction of sp³-hybridized carbons (Fsp3) is 0.217. The van der Waals surface area contributed by atoms with Gasteiger partial charge in [0.1, 0.15) is 17.4 Å². The van der Waals surface area contributed by atoms with Crippen LogP contribution in [0.3, 0.4) is 0 Å². The molecule has 8 heteroatoms. The Morgan fingerprint density at radius 3 is 2.55 bits per heavy atom. The normalized spacial score (nSPS) is 10.9. The van der Waals surface area contributed by atoms with Gasteiger partial charge in [0.25, 0.3) is 5.56 Å². The van der Waals surface area contributed by atoms with Gasteiger partial charge in [-0.1, -0.05) is 25.1 Å². The van der Waals surface area contributed by atoms with E-state index in [9.17, 15) is 9.59 Å². The predicted molar refractivity (Wildman–Crippen MR) is 120 cm³/mol. The van der Waals surface area contributed by atoms with Crippen molar-refractivity contribution in [1.82, 2.24) is 14.8 Å². The Bertz CT molecular complexity index is 1280. The summed E-state index contributed by atoms with van der Waals surface area (Å²) in [5.41, 5.74) is 1.53. The zero-order chi connectivity index (χ0) is 21.8. The molecule has 2 aromatic carbocycles. The molecule has 0 aliphatic rings. The number of ether oxygens (including phenoxy) is 2. The molecular formula is C23H21N3O4S. The Kier molecular flexibility index (Phi) is 6.08. The first-order chi connectivity index (χ1) is 15.1. The maximum absolute atomic E-state index is 12.8. The van der Waals surface area contributed by atoms with Crippen LogP contribution in [0, 0.1) is 0 Å². The number of rotatable bonds is 7. The molecule has 0 saturated heterocycles. The third kappa shape index (κ3) is 4.34. The minimum Gasteiger partial charge on any atom is -0.497 e. The van der Waals surface area contributed by atoms with Crippen LogP contribution in [0.4, 0.5) is 0 Å². The number of carbonyl (C=O) groups excluding carboxylic acids is 1. The second-order valence-electron chi connectivity index (χ2n) is 6.87. The van der Waals surface area contributed by atoms with Crippen LogP contribution in [0.15, 0.2) is 58.7 Å². The molecule has 4 aromatic rings. The highest BCUT2D eigenvalue weighted by Crippen LogP contribution is 2.26. The van der Waals surface area contributed by atoms with Gasteiger partial charge >= 0.3 is 5.97 Å². The summed E-state index contributed by atoms with van der Waals surface area (Å²) in [7, 11) is 1.62. The molecule has 0 spiro atoms. The number of esters is 1. The zero-order valence-electron chi connectivity index (χ0n) is 17.2. The van der Waals surface area contributed by atoms with Crippen LogP contribution in [0.1, 0.15) is 29.5 Å². The van der Waals surface area contributed by atoms with Gasteiger partial charge in [-0.05, 0) is 36.8 Å². The molecule has 0 bridgehead atoms. The van der Waals surface area contributed by atoms with Gasteiger partial charge in [-0.15, -0.1) is 11.3 Å². The van der Waals surface area contributed by atoms with Crippen LogP contribution in [0.5, 0.6) is 5.75 Å². The molecule has 0 atom stereocenters. The Morgan fingerprint density at radius 2 is 1.84 bits per heavy atom. The largest absolute Gasteiger partial charge is 0.497 e. The Hall–Kier alpha value is -3.52. The maximum atomic E-state index is 12.8. The lowest BCUT2D eigenvalue weighted by atomic mass is 10.1. The van der Waals surface area contributed by atoms with Gasteiger partial charge in [-0.25, -0.2) is 14.5 Å². The summed E-state index contributed by atoms with van der Waals surface area (Å²) in [4.78, 5) is 29.9. The van der Waals surface area contributed by atoms with Gasteiger partial charge in [-0.3, -0.25) is 4.79 Å². The van der Waals surface area contributed by atoms with E-state index < -0.39 is 5.97 Å². The first-order valence-electron chi connectivity index (χ1n) is 9.86. The second-order valence-corrected chi connectivity index (χ2v) is 7.73. The van der Waals surface area contributed by atoms with Crippen molar-refractivity contribution in [3.8, 4) is 16.3 Å². The smallest absolute Gasteiger partial charge is 0.359 e. The van der Waals surface area contributed by atoms with Gasteiger partial charge in [0.05, 0.1) is 18.2 Å². The van der Waals surface area contributed by atoms with Gasteiger partial charge < -0.3 is 9.47 Å². The summed E-state index contributed by atoms with van der Waals surface area (Å²) in [6.07, 6.45) is 0.729. The number of hydrogen-bond acceptors (Lipinski definition) is 7. The fourth-order valence-corrected chi connectivity index (χ4v) is 4.01. The molecule has 0 unspecified atom stereocenters. The Balaban J connectivity index is 1.54. The second kappa shape index (κ2) is 9.09. The lowest BCUT2D eigenvalue weighted by Gasteiger charge is -2.10. The summed E-state index contributed by atoms with van der Waals surface area (Å²) in [5.74, 6) is 0.193. The SMILES string of the molecule is CCCn1nc(C(=O)OCc2csc(-c3ccc(OC)cc3)n2)c2ccccc2c1=O. The summed E-state index contributed by atoms with van der Waals surface area (Å²) >= 11 is 1.47. The van der Waals surface area contributed by atoms with Gasteiger partial charge in [0.2, 0.25) is 0 Å². The number of aromatic nitrogens is 3. The summed E-state index contributed by atoms with van der Waals surface area (Å²) in [5, 5.41) is 7.90. The average Bonchev–Trinajstić information content (AvgIpc) is 3.28. The molecule has 7 nitrogen and oxygen atoms in total. The number of hydrogen-bond donors (Lipinski definition) is 0. The van der Waals surface area contributed by atoms with E-state index in [0.29, 0.717) is 23.0 Å². The zero-order valence-corrected chi connectivity index (χ0v) is 18.0. The third-order valence-corrected chi connectivity index (χ3v) is 5.68. The molecule has 0 amide bonds. The van der Waals surface area contributed by atoms with Crippen molar-refractivity contribution in [2.45, 2.75) is 26.5 Å². The number of methoxy groups -OCH3 is 1. The highest BCUT2D eigenvalue weighted by molar-refractivity contribution is 7.13. The van der Waals surface area contributed by atoms with E-state index in [1.54, 1.807) is 31.4 Å². The van der Waals surface area contributed by atoms with E-state index in [1.807, 2.05) is 36.6 Å². The quantitative estimate of drug-likeness (QED) is 0.403. The molecule has 0 fully saturated rings. The average molecular weight is 436 g/mol. The number of benzene rings is 2. The van der Waals surface area contributed by atoms with Crippen LogP contribution in [-0.2, 0) is 17.9 Å². The number of nitrogens with zero attached hydrogens (tertiary/aromatic N) is 3. The lowest BCUT2D eigenvalue weighted by Crippen LogP contribution is -2.26. The molecular weight excluding hydrogens is 414 g/mol. The van der Waals surface area contributed by atoms with E-state index in [1.165, 1.54) is 16.0 Å². The van der Waals surface area contributed by atoms with Crippen LogP contribution < -0.4 is 10.3 Å². The Morgan fingerprint density at radius 1 is 1.10 bits per heavy atom. The summed E-state index contributed by atoms with van der Waals surface area (Å²) in [6, 6.07) is 14.6. The molecule has 0 saturated carbocycles. The van der Waals surface area contributed by atoms with Crippen LogP contribution >= 0.6 is 11.3 Å². The monoisotopic (exact) mass is 435 g/mol. The molecule has 31 heavy (non-hydrogen) atoms. The standard InChI is InChI=1S/C23H21N3O4S/c1-3-12-26-22(27)19-7-5-4-6-18(19)20(25-26)23(28)30-13-16-14-31-21(24-16)15-8-10-17(29-2)11-9-15/h4-11,14H,3,12-13H2,1-2H3. The van der Waals surface area contributed by atoms with E-state index in [-0.39, 0.29) is 17.9 Å². The predicted octanol–water partition coefficient (Wildman–Crippen LogP) is 4.30. The first-order valence-corrected chi connectivity index (χ1v) is 10.7. The first kappa shape index (κ1) is 20.7. The number of thiazole rings is 1. The lowest BCUT2D eigenvalue weighted by molar-refractivity contribution is 0.0461. The van der Waals surface area contributed by atoms with Gasteiger partial charge in [-0.2, -0.15) is 5.10 Å². The molecule has 2 aromatic heterocycles. The minimum absolute atomic E-state index is 0.0222. The van der Waals surface area contributed by atoms with Gasteiger partial charge in [0, 0.05) is 22.9 Å². The molecule has 4 rings (SSSR count). The fourth-order valence-electron chi connectivity index (χ4n) is 3.20. The van der Waals surface area contributed by atoms with Crippen molar-refractivity contribution in [2.75, 3.05) is 7.11 Å². The molecule has 0 N–H and O–H groups in total. The summed E-state index contributed by atoms with van der Waals surface area (Å²) < 4.78 is 12.0. The maximum Gasteiger partial charge on any atom is 0.359 e. The third-order valence-electron chi connectivity index (χ3n) is 4.74. The van der Waals surface area contributed by atoms with Crippen LogP contribution in [-0.4, -0.2) is 27.8 Å². The van der Waals surface area contributed by atoms with Crippen molar-refractivity contribution in [2.24, 2.45) is 0 Å². The minimum atomic E-state index is -0.583. The van der Waals surface area contributed by atoms with Crippen molar-refractivity contribution in [3.05, 3.63) is 75.7 Å². The topological polar surface area (TPSA) is 83.3 Å². The van der Waals surface area contributed by atoms with Crippen LogP contribution in [0.25, 0.3) is 21.3 Å². The van der Waals surface area contributed by atoms with Crippen molar-refractivity contribution in [1.29, 1.82) is 0 Å². The molecule has 0 radical (unpaired) electrons. The number of carbonyl (C=O) groups is 1. The van der Waals surface area contributed by atoms with Crippen LogP contribution in [0.2, 0.25) is 0 Å². The molecule has 0 aliphatic carbocycles. The highest BCUT2D eigenvalue weighted by atomic mass is 32.1. The van der Waals surface area contributed by atoms with Crippen molar-refractivity contribution in [3.63, 3.8) is 0 Å². The molecule has 158 valence electrons. The van der Waals surface area contributed by atoms with E-state index >= 15 is 0 Å². The van der Waals surface area contributed by atoms with Gasteiger partial charge in [0.15, 0.2) is 5.69 Å². The number of aryl methyl sites for hydroxylation is 1. The van der Waals surface area contributed by atoms with E-state index in [4.69, 9.17) is 9.47 Å². The van der Waals surface area contributed by atoms with E-state index in [0.717, 1.165) is 22.7 Å². The number of fused-ring (bicyclic) bond motifs is 1. The molecule has 0 aliphatic heterocycles. The van der Waals surface area contributed by atoms with E-state index in [2.05, 4.69) is 10.1 Å².